The van der Waals surface area contributed by atoms with Gasteiger partial charge in [0.2, 0.25) is 23.1 Å². The van der Waals surface area contributed by atoms with Gasteiger partial charge in [0.1, 0.15) is 23.5 Å². The second-order valence-electron chi connectivity index (χ2n) is 16.0. The highest BCUT2D eigenvalue weighted by Gasteiger charge is 2.41. The minimum atomic E-state index is -3.10. The number of halogens is 4. The molecule has 5 rings (SSSR count). The van der Waals surface area contributed by atoms with Gasteiger partial charge < -0.3 is 40.7 Å². The number of amides is 3. The number of carbonyl (C=O) groups excluding carboxylic acids is 3. The molecule has 6 N–H and O–H groups in total. The van der Waals surface area contributed by atoms with E-state index in [-0.39, 0.29) is 58.2 Å². The number of carbonyl (C=O) groups is 4. The van der Waals surface area contributed by atoms with E-state index in [1.165, 1.54) is 12.7 Å². The van der Waals surface area contributed by atoms with E-state index in [0.29, 0.717) is 42.5 Å². The average Bonchev–Trinajstić information content (AvgIpc) is 3.52. The van der Waals surface area contributed by atoms with E-state index >= 15 is 0 Å². The van der Waals surface area contributed by atoms with Crippen LogP contribution >= 0.6 is 42.2 Å². The topological polar surface area (TPSA) is 239 Å². The third-order valence-electron chi connectivity index (χ3n) is 9.88. The van der Waals surface area contributed by atoms with Crippen LogP contribution in [0.15, 0.2) is 41.5 Å². The van der Waals surface area contributed by atoms with Crippen LogP contribution in [0.1, 0.15) is 84.8 Å². The Labute approximate surface area is 413 Å². The normalized spacial score (nSPS) is 15.1. The number of hydrogen-bond donors (Lipinski definition) is 5. The predicted octanol–water partition coefficient (Wildman–Crippen LogP) is 8.25. The lowest BCUT2D eigenvalue weighted by molar-refractivity contribution is -0.138. The number of para-hydroxylation sites is 1. The summed E-state index contributed by atoms with van der Waals surface area (Å²) in [7, 11) is -1.47. The number of anilines is 4. The number of imide groups is 1. The summed E-state index contributed by atoms with van der Waals surface area (Å²) in [5, 5.41) is 14.5. The fourth-order valence-corrected chi connectivity index (χ4v) is 7.94. The lowest BCUT2D eigenvalue weighted by Gasteiger charge is -2.31. The quantitative estimate of drug-likeness (QED) is 0.0370. The van der Waals surface area contributed by atoms with Crippen LogP contribution in [0.4, 0.5) is 27.7 Å². The maximum absolute atomic E-state index is 14.4. The highest BCUT2D eigenvalue weighted by molar-refractivity contribution is 7.57. The molecular weight excluding hydrogens is 965 g/mol. The molecule has 22 heteroatoms. The first-order valence-corrected chi connectivity index (χ1v) is 25.4. The number of nitrogens with zero attached hydrogens (tertiary/aromatic N) is 5. The largest absolute Gasteiger partial charge is 0.480 e. The SMILES string of the molecule is C#CC(C)Oc1cc(N2C(=O)C3=C(CCCC3)C2=O)c(F)cc1Cl.CCNc1nc(Cl)nc(NC(C)C)n1.CCc1cccc(C)c1N(C(=O)CCl)C(C)COC.CP(=O)(O)CCC(N)C(=O)O. The number of carboxylic acid groups (broad SMARTS) is 1. The Morgan fingerprint density at radius 3 is 2.16 bits per heavy atom. The van der Waals surface area contributed by atoms with Crippen molar-refractivity contribution in [1.82, 2.24) is 15.0 Å². The molecule has 68 heavy (non-hydrogen) atoms. The Kier molecular flexibility index (Phi) is 24.9. The van der Waals surface area contributed by atoms with E-state index in [9.17, 15) is 28.1 Å². The minimum Gasteiger partial charge on any atom is -0.480 e. The maximum Gasteiger partial charge on any atom is 0.320 e. The molecule has 0 fully saturated rings. The Morgan fingerprint density at radius 2 is 1.66 bits per heavy atom. The number of aromatic nitrogens is 3. The summed E-state index contributed by atoms with van der Waals surface area (Å²) in [5.41, 5.74) is 9.11. The van der Waals surface area contributed by atoms with Crippen molar-refractivity contribution in [1.29, 1.82) is 0 Å². The average molecular weight is 1030 g/mol. The fraction of sp³-hybridized carbons (Fsp3) is 0.500. The number of carboxylic acids is 1. The molecule has 0 spiro atoms. The number of rotatable bonds is 17. The Bertz CT molecular complexity index is 2320. The first kappa shape index (κ1) is 59.3. The molecule has 0 bridgehead atoms. The Hall–Kier alpha value is -4.86. The second kappa shape index (κ2) is 28.6. The molecular formula is C46H63Cl3FN8O9P. The standard InChI is InChI=1S/C18H15ClFNO3.C15H22ClNO2.C8H14ClN5.C5H12NO4P/c1-3-10(2)24-16-9-15(14(20)8-13(16)19)21-17(22)11-6-4-5-7-12(11)18(21)23;1-5-13-8-6-7-11(2)15(13)17(14(18)9-16)12(3)10-19-4;1-4-10-7-12-6(9)13-8(14-7)11-5(2)3;1-11(9,10)3-2-4(6)5(7)8/h1,8-10H,4-7H2,2H3;6-8,12H,5,9-10H2,1-4H3;5H,4H2,1-3H3,(H2,10,11,12,13,14);4H,2-3,6H2,1H3,(H,7,8)(H,9,10). The third-order valence-corrected chi connectivity index (χ3v) is 11.7. The first-order chi connectivity index (χ1) is 31.9. The van der Waals surface area contributed by atoms with Crippen molar-refractivity contribution in [2.24, 2.45) is 5.73 Å². The second-order valence-corrected chi connectivity index (χ2v) is 19.6. The molecule has 4 unspecified atom stereocenters. The Morgan fingerprint density at radius 1 is 1.06 bits per heavy atom. The number of nitrogens with two attached hydrogens (primary N) is 1. The van der Waals surface area contributed by atoms with E-state index in [1.807, 2.05) is 46.8 Å². The number of ether oxygens (including phenoxy) is 2. The van der Waals surface area contributed by atoms with Gasteiger partial charge in [0.05, 0.1) is 29.0 Å². The number of alkyl halides is 1. The number of aryl methyl sites for hydroxylation is 2. The van der Waals surface area contributed by atoms with E-state index in [0.717, 1.165) is 53.6 Å². The summed E-state index contributed by atoms with van der Waals surface area (Å²) < 4.78 is 35.6. The van der Waals surface area contributed by atoms with Crippen molar-refractivity contribution in [3.63, 3.8) is 0 Å². The molecule has 0 saturated heterocycles. The minimum absolute atomic E-state index is 0.0223. The van der Waals surface area contributed by atoms with Gasteiger partial charge in [-0.15, -0.1) is 18.0 Å². The van der Waals surface area contributed by atoms with Gasteiger partial charge in [-0.25, -0.2) is 9.29 Å². The van der Waals surface area contributed by atoms with Gasteiger partial charge in [0, 0.05) is 49.7 Å². The molecule has 2 aromatic carbocycles. The molecule has 0 saturated carbocycles. The van der Waals surface area contributed by atoms with Gasteiger partial charge in [-0.3, -0.25) is 23.7 Å². The van der Waals surface area contributed by atoms with E-state index in [1.54, 1.807) is 18.9 Å². The maximum atomic E-state index is 14.4. The predicted molar refractivity (Wildman–Crippen MR) is 267 cm³/mol. The van der Waals surface area contributed by atoms with Crippen LogP contribution in [0, 0.1) is 25.1 Å². The van der Waals surface area contributed by atoms with Crippen molar-refractivity contribution in [2.45, 2.75) is 111 Å². The zero-order valence-electron chi connectivity index (χ0n) is 39.9. The molecule has 3 aromatic rings. The van der Waals surface area contributed by atoms with Crippen molar-refractivity contribution < 1.29 is 47.6 Å². The van der Waals surface area contributed by atoms with Crippen LogP contribution < -0.4 is 30.9 Å². The highest BCUT2D eigenvalue weighted by atomic mass is 35.5. The van der Waals surface area contributed by atoms with Gasteiger partial charge in [0.25, 0.3) is 11.8 Å². The summed E-state index contributed by atoms with van der Waals surface area (Å²) in [6, 6.07) is 7.55. The lowest BCUT2D eigenvalue weighted by atomic mass is 9.93. The number of methoxy groups -OCH3 is 1. The summed E-state index contributed by atoms with van der Waals surface area (Å²) in [6.45, 7) is 16.1. The van der Waals surface area contributed by atoms with Gasteiger partial charge in [-0.05, 0) is 109 Å². The van der Waals surface area contributed by atoms with Crippen molar-refractivity contribution >= 4 is 89.1 Å². The molecule has 17 nitrogen and oxygen atoms in total. The number of terminal acetylenes is 1. The molecule has 2 aliphatic rings. The first-order valence-electron chi connectivity index (χ1n) is 21.8. The van der Waals surface area contributed by atoms with Gasteiger partial charge in [0.15, 0.2) is 13.5 Å². The van der Waals surface area contributed by atoms with Crippen molar-refractivity contribution in [2.75, 3.05) is 59.4 Å². The van der Waals surface area contributed by atoms with Gasteiger partial charge >= 0.3 is 5.97 Å². The Balaban J connectivity index is 0.000000325. The molecule has 4 atom stereocenters. The van der Waals surface area contributed by atoms with Crippen molar-refractivity contribution in [3.05, 3.63) is 68.7 Å². The zero-order valence-corrected chi connectivity index (χ0v) is 43.0. The van der Waals surface area contributed by atoms with E-state index in [4.69, 9.17) is 66.4 Å². The van der Waals surface area contributed by atoms with Gasteiger partial charge in [-0.2, -0.15) is 15.0 Å². The summed E-state index contributed by atoms with van der Waals surface area (Å²) >= 11 is 17.5. The van der Waals surface area contributed by atoms with Crippen LogP contribution in [0.2, 0.25) is 10.3 Å². The molecule has 374 valence electrons. The fourth-order valence-electron chi connectivity index (χ4n) is 6.70. The smallest absolute Gasteiger partial charge is 0.320 e. The summed E-state index contributed by atoms with van der Waals surface area (Å²) in [6.07, 6.45) is 8.35. The van der Waals surface area contributed by atoms with Gasteiger partial charge in [-0.1, -0.05) is 42.6 Å². The highest BCUT2D eigenvalue weighted by Crippen LogP contribution is 2.40. The van der Waals surface area contributed by atoms with Crippen LogP contribution in [0.5, 0.6) is 5.75 Å². The number of benzene rings is 2. The van der Waals surface area contributed by atoms with Crippen LogP contribution in [-0.4, -0.2) is 112 Å². The molecule has 0 radical (unpaired) electrons. The number of aliphatic carboxylic acids is 1. The molecule has 1 aromatic heterocycles. The summed E-state index contributed by atoms with van der Waals surface area (Å²) in [5.74, 6) is 0.549. The summed E-state index contributed by atoms with van der Waals surface area (Å²) in [4.78, 5) is 70.8. The third kappa shape index (κ3) is 18.2. The molecule has 3 amide bonds. The molecule has 2 heterocycles. The number of hydrogen-bond acceptors (Lipinski definition) is 13. The molecule has 1 aliphatic heterocycles. The number of nitrogens with one attached hydrogen (secondary N) is 2. The van der Waals surface area contributed by atoms with Crippen LogP contribution in [0.3, 0.4) is 0 Å². The lowest BCUT2D eigenvalue weighted by Crippen LogP contribution is -2.43. The van der Waals surface area contributed by atoms with E-state index < -0.39 is 43.1 Å². The van der Waals surface area contributed by atoms with E-state index in [2.05, 4.69) is 44.5 Å². The monoisotopic (exact) mass is 1030 g/mol. The van der Waals surface area contributed by atoms with Crippen LogP contribution in [0.25, 0.3) is 0 Å². The zero-order chi connectivity index (χ0) is 51.5. The van der Waals surface area contributed by atoms with Crippen molar-refractivity contribution in [3.8, 4) is 18.1 Å². The van der Waals surface area contributed by atoms with Crippen LogP contribution in [-0.2, 0) is 34.9 Å². The molecule has 1 aliphatic carbocycles.